The van der Waals surface area contributed by atoms with Gasteiger partial charge in [0.15, 0.2) is 0 Å². The molecule has 0 saturated heterocycles. The molecule has 1 aromatic heterocycles. The van der Waals surface area contributed by atoms with E-state index in [9.17, 15) is 22.5 Å². The standard InChI is InChI=1S/C12H12F3N3O3S/c1-22(20)11-16-7-18(17-11)6-10(19)8-2-4-9(5-3-8)21-12(13,14)15/h2-5,7,10,19H,6H2,1H3. The molecule has 0 aliphatic carbocycles. The highest BCUT2D eigenvalue weighted by molar-refractivity contribution is 7.84. The molecular weight excluding hydrogens is 323 g/mol. The fourth-order valence-electron chi connectivity index (χ4n) is 1.67. The first-order valence-electron chi connectivity index (χ1n) is 6.01. The Labute approximate surface area is 126 Å². The topological polar surface area (TPSA) is 77.2 Å². The second-order valence-corrected chi connectivity index (χ2v) is 5.61. The van der Waals surface area contributed by atoms with Crippen molar-refractivity contribution < 1.29 is 27.2 Å². The van der Waals surface area contributed by atoms with Crippen LogP contribution in [0.15, 0.2) is 35.7 Å². The molecule has 0 radical (unpaired) electrons. The smallest absolute Gasteiger partial charge is 0.406 e. The van der Waals surface area contributed by atoms with E-state index in [-0.39, 0.29) is 17.5 Å². The summed E-state index contributed by atoms with van der Waals surface area (Å²) in [6.07, 6.45) is -3.01. The van der Waals surface area contributed by atoms with Gasteiger partial charge in [-0.1, -0.05) is 12.1 Å². The van der Waals surface area contributed by atoms with Crippen molar-refractivity contribution in [2.45, 2.75) is 24.2 Å². The predicted molar refractivity (Wildman–Crippen MR) is 70.4 cm³/mol. The number of nitrogens with zero attached hydrogens (tertiary/aromatic N) is 3. The van der Waals surface area contributed by atoms with Crippen molar-refractivity contribution in [2.24, 2.45) is 0 Å². The van der Waals surface area contributed by atoms with E-state index in [2.05, 4.69) is 14.8 Å². The van der Waals surface area contributed by atoms with Gasteiger partial charge in [0.1, 0.15) is 12.1 Å². The van der Waals surface area contributed by atoms with Crippen molar-refractivity contribution in [3.05, 3.63) is 36.2 Å². The number of aromatic nitrogens is 3. The molecule has 2 unspecified atom stereocenters. The van der Waals surface area contributed by atoms with Gasteiger partial charge < -0.3 is 9.84 Å². The molecule has 0 aliphatic heterocycles. The lowest BCUT2D eigenvalue weighted by Crippen LogP contribution is -2.17. The SMILES string of the molecule is CS(=O)c1ncn(CC(O)c2ccc(OC(F)(F)F)cc2)n1. The van der Waals surface area contributed by atoms with Gasteiger partial charge in [0, 0.05) is 6.26 Å². The molecule has 2 rings (SSSR count). The summed E-state index contributed by atoms with van der Waals surface area (Å²) in [5, 5.41) is 14.1. The van der Waals surface area contributed by atoms with Crippen LogP contribution in [0.5, 0.6) is 5.75 Å². The Bertz CT molecular complexity index is 658. The molecule has 2 atom stereocenters. The monoisotopic (exact) mass is 335 g/mol. The highest BCUT2D eigenvalue weighted by Crippen LogP contribution is 2.24. The summed E-state index contributed by atoms with van der Waals surface area (Å²) in [5.74, 6) is -0.368. The maximum Gasteiger partial charge on any atom is 0.573 e. The average molecular weight is 335 g/mol. The minimum atomic E-state index is -4.76. The van der Waals surface area contributed by atoms with Gasteiger partial charge in [0.2, 0.25) is 5.16 Å². The number of hydrogen-bond donors (Lipinski definition) is 1. The van der Waals surface area contributed by atoms with Gasteiger partial charge in [0.25, 0.3) is 0 Å². The molecule has 0 saturated carbocycles. The number of hydrogen-bond acceptors (Lipinski definition) is 5. The van der Waals surface area contributed by atoms with Gasteiger partial charge in [-0.05, 0) is 17.7 Å². The lowest BCUT2D eigenvalue weighted by molar-refractivity contribution is -0.274. The Balaban J connectivity index is 2.02. The van der Waals surface area contributed by atoms with Crippen LogP contribution in [0.4, 0.5) is 13.2 Å². The fourth-order valence-corrected chi connectivity index (χ4v) is 2.09. The summed E-state index contributed by atoms with van der Waals surface area (Å²) >= 11 is 0. The number of rotatable bonds is 5. The molecule has 0 bridgehead atoms. The number of halogens is 3. The van der Waals surface area contributed by atoms with Crippen LogP contribution in [0.2, 0.25) is 0 Å². The molecular formula is C12H12F3N3O3S. The first kappa shape index (κ1) is 16.4. The number of aliphatic hydroxyl groups excluding tert-OH is 1. The van der Waals surface area contributed by atoms with E-state index in [1.165, 1.54) is 29.4 Å². The highest BCUT2D eigenvalue weighted by Gasteiger charge is 2.31. The van der Waals surface area contributed by atoms with Gasteiger partial charge in [0.05, 0.1) is 23.4 Å². The normalized spacial score (nSPS) is 14.6. The average Bonchev–Trinajstić information content (AvgIpc) is 2.86. The molecule has 6 nitrogen and oxygen atoms in total. The van der Waals surface area contributed by atoms with Crippen molar-refractivity contribution in [3.8, 4) is 5.75 Å². The number of alkyl halides is 3. The minimum Gasteiger partial charge on any atom is -0.406 e. The maximum atomic E-state index is 12.0. The summed E-state index contributed by atoms with van der Waals surface area (Å²) in [5.41, 5.74) is 0.393. The zero-order valence-corrected chi connectivity index (χ0v) is 12.1. The van der Waals surface area contributed by atoms with Crippen molar-refractivity contribution in [2.75, 3.05) is 6.26 Å². The Morgan fingerprint density at radius 2 is 2.00 bits per heavy atom. The zero-order valence-electron chi connectivity index (χ0n) is 11.3. The lowest BCUT2D eigenvalue weighted by Gasteiger charge is -2.12. The number of ether oxygens (including phenoxy) is 1. The molecule has 120 valence electrons. The van der Waals surface area contributed by atoms with E-state index in [1.54, 1.807) is 0 Å². The maximum absolute atomic E-state index is 12.0. The number of benzene rings is 1. The Morgan fingerprint density at radius 1 is 1.36 bits per heavy atom. The van der Waals surface area contributed by atoms with E-state index in [0.717, 1.165) is 12.1 Å². The molecule has 1 heterocycles. The third-order valence-electron chi connectivity index (χ3n) is 2.63. The van der Waals surface area contributed by atoms with E-state index < -0.39 is 23.3 Å². The second kappa shape index (κ2) is 6.44. The summed E-state index contributed by atoms with van der Waals surface area (Å²) in [6, 6.07) is 4.86. The van der Waals surface area contributed by atoms with Crippen LogP contribution < -0.4 is 4.74 Å². The van der Waals surface area contributed by atoms with Crippen LogP contribution >= 0.6 is 0 Å². The van der Waals surface area contributed by atoms with Crippen LogP contribution in [-0.4, -0.2) is 36.7 Å². The zero-order chi connectivity index (χ0) is 16.3. The van der Waals surface area contributed by atoms with Gasteiger partial charge >= 0.3 is 6.36 Å². The lowest BCUT2D eigenvalue weighted by atomic mass is 10.1. The minimum absolute atomic E-state index is 0.0314. The fraction of sp³-hybridized carbons (Fsp3) is 0.333. The van der Waals surface area contributed by atoms with Crippen molar-refractivity contribution >= 4 is 10.8 Å². The molecule has 0 fully saturated rings. The van der Waals surface area contributed by atoms with Gasteiger partial charge in [-0.3, -0.25) is 4.21 Å². The Morgan fingerprint density at radius 3 is 2.50 bits per heavy atom. The molecule has 2 aromatic rings. The Hall–Kier alpha value is -1.94. The number of aliphatic hydroxyl groups is 1. The van der Waals surface area contributed by atoms with Crippen LogP contribution in [0.3, 0.4) is 0 Å². The molecule has 0 spiro atoms. The van der Waals surface area contributed by atoms with E-state index in [1.807, 2.05) is 0 Å². The summed E-state index contributed by atoms with van der Waals surface area (Å²) in [6.45, 7) is 0.0314. The second-order valence-electron chi connectivity index (χ2n) is 4.34. The Kier molecular flexibility index (Phi) is 4.81. The first-order valence-corrected chi connectivity index (χ1v) is 7.57. The third kappa shape index (κ3) is 4.53. The molecule has 0 aliphatic rings. The summed E-state index contributed by atoms with van der Waals surface area (Å²) in [4.78, 5) is 3.81. The quantitative estimate of drug-likeness (QED) is 0.899. The largest absolute Gasteiger partial charge is 0.573 e. The van der Waals surface area contributed by atoms with Crippen LogP contribution in [0.25, 0.3) is 0 Å². The van der Waals surface area contributed by atoms with Crippen LogP contribution in [0, 0.1) is 0 Å². The molecule has 1 aromatic carbocycles. The van der Waals surface area contributed by atoms with E-state index in [0.29, 0.717) is 5.56 Å². The summed E-state index contributed by atoms with van der Waals surface area (Å²) in [7, 11) is -1.33. The van der Waals surface area contributed by atoms with Gasteiger partial charge in [-0.2, -0.15) is 0 Å². The molecule has 10 heteroatoms. The highest BCUT2D eigenvalue weighted by atomic mass is 32.2. The molecule has 22 heavy (non-hydrogen) atoms. The van der Waals surface area contributed by atoms with Crippen LogP contribution in [0.1, 0.15) is 11.7 Å². The van der Waals surface area contributed by atoms with Crippen LogP contribution in [-0.2, 0) is 17.3 Å². The van der Waals surface area contributed by atoms with Crippen molar-refractivity contribution in [3.63, 3.8) is 0 Å². The van der Waals surface area contributed by atoms with Crippen molar-refractivity contribution in [1.29, 1.82) is 0 Å². The van der Waals surface area contributed by atoms with E-state index in [4.69, 9.17) is 0 Å². The molecule has 0 amide bonds. The van der Waals surface area contributed by atoms with E-state index >= 15 is 0 Å². The predicted octanol–water partition coefficient (Wildman–Crippen LogP) is 1.65. The molecule has 1 N–H and O–H groups in total. The summed E-state index contributed by atoms with van der Waals surface area (Å²) < 4.78 is 52.3. The van der Waals surface area contributed by atoms with Crippen molar-refractivity contribution in [1.82, 2.24) is 14.8 Å². The first-order chi connectivity index (χ1) is 10.2. The van der Waals surface area contributed by atoms with Gasteiger partial charge in [-0.25, -0.2) is 9.67 Å². The van der Waals surface area contributed by atoms with Gasteiger partial charge in [-0.15, -0.1) is 18.3 Å². The third-order valence-corrected chi connectivity index (χ3v) is 3.33.